The number of imide groups is 1. The van der Waals surface area contributed by atoms with E-state index in [1.807, 2.05) is 91.0 Å². The van der Waals surface area contributed by atoms with Crippen LogP contribution in [0, 0.1) is 0 Å². The van der Waals surface area contributed by atoms with Crippen molar-refractivity contribution in [1.29, 1.82) is 0 Å². The van der Waals surface area contributed by atoms with Crippen LogP contribution >= 0.6 is 0 Å². The van der Waals surface area contributed by atoms with Gasteiger partial charge >= 0.3 is 6.03 Å². The molecule has 0 unspecified atom stereocenters. The van der Waals surface area contributed by atoms with Crippen LogP contribution in [0.15, 0.2) is 97.1 Å². The van der Waals surface area contributed by atoms with E-state index < -0.39 is 23.5 Å². The van der Waals surface area contributed by atoms with E-state index in [0.29, 0.717) is 17.0 Å². The summed E-state index contributed by atoms with van der Waals surface area (Å²) >= 11 is 0. The molecule has 0 bridgehead atoms. The minimum absolute atomic E-state index is 0.266. The number of urea groups is 1. The van der Waals surface area contributed by atoms with Gasteiger partial charge in [-0.15, -0.1) is 0 Å². The van der Waals surface area contributed by atoms with Crippen LogP contribution in [-0.4, -0.2) is 35.9 Å². The first-order valence-electron chi connectivity index (χ1n) is 12.2. The van der Waals surface area contributed by atoms with Gasteiger partial charge in [0.15, 0.2) is 0 Å². The van der Waals surface area contributed by atoms with E-state index in [-0.39, 0.29) is 19.1 Å². The molecule has 2 aliphatic heterocycles. The molecule has 4 aromatic rings. The fourth-order valence-electron chi connectivity index (χ4n) is 5.17. The second-order valence-electron chi connectivity index (χ2n) is 9.48. The highest BCUT2D eigenvalue weighted by molar-refractivity contribution is 6.11. The first kappa shape index (κ1) is 22.8. The molecule has 2 heterocycles. The lowest BCUT2D eigenvalue weighted by atomic mass is 9.90. The van der Waals surface area contributed by atoms with Gasteiger partial charge in [0.25, 0.3) is 5.91 Å². The van der Waals surface area contributed by atoms with Gasteiger partial charge in [-0.1, -0.05) is 78.9 Å². The molecule has 0 radical (unpaired) electrons. The largest absolute Gasteiger partial charge is 0.489 e. The summed E-state index contributed by atoms with van der Waals surface area (Å²) in [5.74, 6) is -0.240. The summed E-state index contributed by atoms with van der Waals surface area (Å²) in [7, 11) is 0. The summed E-state index contributed by atoms with van der Waals surface area (Å²) < 4.78 is 5.96. The zero-order valence-electron chi connectivity index (χ0n) is 20.3. The third-order valence-corrected chi connectivity index (χ3v) is 7.18. The number of carbonyl (C=O) groups is 3. The molecule has 0 aliphatic carbocycles. The Morgan fingerprint density at radius 1 is 0.919 bits per heavy atom. The van der Waals surface area contributed by atoms with Crippen LogP contribution in [0.25, 0.3) is 10.8 Å². The summed E-state index contributed by atoms with van der Waals surface area (Å²) in [5.41, 5.74) is 0.905. The number of fused-ring (bicyclic) bond motifs is 2. The predicted molar refractivity (Wildman–Crippen MR) is 140 cm³/mol. The highest BCUT2D eigenvalue weighted by Gasteiger charge is 2.50. The second kappa shape index (κ2) is 8.78. The summed E-state index contributed by atoms with van der Waals surface area (Å²) in [5, 5.41) is 4.83. The summed E-state index contributed by atoms with van der Waals surface area (Å²) in [4.78, 5) is 43.1. The van der Waals surface area contributed by atoms with Crippen molar-refractivity contribution in [2.24, 2.45) is 0 Å². The maximum Gasteiger partial charge on any atom is 0.325 e. The number of nitrogens with zero attached hydrogens (tertiary/aromatic N) is 2. The lowest BCUT2D eigenvalue weighted by Crippen LogP contribution is -2.48. The van der Waals surface area contributed by atoms with Crippen molar-refractivity contribution < 1.29 is 19.1 Å². The number of nitrogens with one attached hydrogen (secondary N) is 1. The van der Waals surface area contributed by atoms with Crippen LogP contribution in [0.5, 0.6) is 5.75 Å². The maximum absolute atomic E-state index is 13.8. The van der Waals surface area contributed by atoms with E-state index in [1.54, 1.807) is 17.9 Å². The molecule has 0 spiro atoms. The van der Waals surface area contributed by atoms with Gasteiger partial charge in [0, 0.05) is 0 Å². The fourth-order valence-corrected chi connectivity index (χ4v) is 5.17. The average molecular weight is 492 g/mol. The van der Waals surface area contributed by atoms with Crippen molar-refractivity contribution in [3.05, 3.63) is 108 Å². The molecule has 2 aliphatic rings. The first-order valence-corrected chi connectivity index (χ1v) is 12.2. The highest BCUT2D eigenvalue weighted by Crippen LogP contribution is 2.40. The zero-order chi connectivity index (χ0) is 25.6. The van der Waals surface area contributed by atoms with Gasteiger partial charge < -0.3 is 10.1 Å². The molecule has 0 aromatic heterocycles. The minimum Gasteiger partial charge on any atom is -0.489 e. The molecular formula is C30H25N3O4. The normalized spacial score (nSPS) is 20.9. The van der Waals surface area contributed by atoms with Crippen molar-refractivity contribution in [3.8, 4) is 5.75 Å². The van der Waals surface area contributed by atoms with Crippen molar-refractivity contribution in [1.82, 2.24) is 10.2 Å². The molecule has 0 saturated carbocycles. The smallest absolute Gasteiger partial charge is 0.325 e. The van der Waals surface area contributed by atoms with Crippen molar-refractivity contribution in [2.45, 2.75) is 18.5 Å². The van der Waals surface area contributed by atoms with Gasteiger partial charge in [0.1, 0.15) is 24.4 Å². The lowest BCUT2D eigenvalue weighted by Gasteiger charge is -2.37. The Bertz CT molecular complexity index is 1540. The van der Waals surface area contributed by atoms with Crippen molar-refractivity contribution >= 4 is 34.3 Å². The summed E-state index contributed by atoms with van der Waals surface area (Å²) in [6, 6.07) is 29.4. The number of carbonyl (C=O) groups excluding carboxylic acids is 3. The van der Waals surface area contributed by atoms with Gasteiger partial charge in [-0.05, 0) is 47.0 Å². The van der Waals surface area contributed by atoms with Gasteiger partial charge in [-0.3, -0.25) is 19.4 Å². The van der Waals surface area contributed by atoms with E-state index in [9.17, 15) is 14.4 Å². The molecule has 1 fully saturated rings. The number of amides is 4. The topological polar surface area (TPSA) is 79.0 Å². The van der Waals surface area contributed by atoms with Crippen LogP contribution in [0.3, 0.4) is 0 Å². The highest BCUT2D eigenvalue weighted by atomic mass is 16.5. The third kappa shape index (κ3) is 3.80. The molecule has 37 heavy (non-hydrogen) atoms. The Kier molecular flexibility index (Phi) is 5.41. The SMILES string of the molecule is C[C@]1(c2ccc3ccccc3c2)NC(=O)N(CC(=O)N2c3ccccc3OC[C@H]2c2ccccc2)C1=O. The van der Waals surface area contributed by atoms with E-state index in [2.05, 4.69) is 5.32 Å². The van der Waals surface area contributed by atoms with Gasteiger partial charge in [-0.2, -0.15) is 0 Å². The van der Waals surface area contributed by atoms with E-state index >= 15 is 0 Å². The monoisotopic (exact) mass is 491 g/mol. The first-order chi connectivity index (χ1) is 18.0. The van der Waals surface area contributed by atoms with Gasteiger partial charge in [0.05, 0.1) is 11.7 Å². The van der Waals surface area contributed by atoms with Gasteiger partial charge in [0.2, 0.25) is 5.91 Å². The number of rotatable bonds is 4. The predicted octanol–water partition coefficient (Wildman–Crippen LogP) is 4.77. The Morgan fingerprint density at radius 3 is 2.43 bits per heavy atom. The lowest BCUT2D eigenvalue weighted by molar-refractivity contribution is -0.134. The summed E-state index contributed by atoms with van der Waals surface area (Å²) in [6.07, 6.45) is 0. The van der Waals surface area contributed by atoms with Gasteiger partial charge in [-0.25, -0.2) is 4.79 Å². The standard InChI is InChI=1S/C30H25N3O4/c1-30(23-16-15-20-9-5-6-12-22(20)17-23)28(35)32(29(36)31-30)18-27(34)33-24-13-7-8-14-26(24)37-19-25(33)21-10-3-2-4-11-21/h2-17,25H,18-19H2,1H3,(H,31,36)/t25-,30+/m0/s1. The van der Waals surface area contributed by atoms with Crippen LogP contribution in [0.1, 0.15) is 24.1 Å². The van der Waals surface area contributed by atoms with Crippen molar-refractivity contribution in [2.75, 3.05) is 18.1 Å². The van der Waals surface area contributed by atoms with Crippen molar-refractivity contribution in [3.63, 3.8) is 0 Å². The molecule has 184 valence electrons. The Hall–Kier alpha value is -4.65. The average Bonchev–Trinajstić information content (AvgIpc) is 3.16. The number of ether oxygens (including phenoxy) is 1. The molecule has 1 N–H and O–H groups in total. The molecule has 2 atom stereocenters. The third-order valence-electron chi connectivity index (χ3n) is 7.18. The number of anilines is 1. The molecule has 7 nitrogen and oxygen atoms in total. The van der Waals surface area contributed by atoms with E-state index in [0.717, 1.165) is 21.2 Å². The summed E-state index contributed by atoms with van der Waals surface area (Å²) in [6.45, 7) is 1.56. The van der Waals surface area contributed by atoms with Crippen LogP contribution < -0.4 is 15.0 Å². The molecule has 4 amide bonds. The Morgan fingerprint density at radius 2 is 1.62 bits per heavy atom. The fraction of sp³-hybridized carbons (Fsp3) is 0.167. The quantitative estimate of drug-likeness (QED) is 0.417. The second-order valence-corrected chi connectivity index (χ2v) is 9.48. The molecule has 4 aromatic carbocycles. The maximum atomic E-state index is 13.8. The Balaban J connectivity index is 1.31. The molecule has 1 saturated heterocycles. The number of hydrogen-bond acceptors (Lipinski definition) is 4. The number of para-hydroxylation sites is 2. The molecule has 6 rings (SSSR count). The van der Waals surface area contributed by atoms with Crippen LogP contribution in [-0.2, 0) is 15.1 Å². The van der Waals surface area contributed by atoms with Crippen LogP contribution in [0.4, 0.5) is 10.5 Å². The van der Waals surface area contributed by atoms with E-state index in [4.69, 9.17) is 4.74 Å². The number of hydrogen-bond donors (Lipinski definition) is 1. The molecular weight excluding hydrogens is 466 g/mol. The minimum atomic E-state index is -1.27. The Labute approximate surface area is 214 Å². The molecule has 7 heteroatoms. The van der Waals surface area contributed by atoms with Crippen LogP contribution in [0.2, 0.25) is 0 Å². The zero-order valence-corrected chi connectivity index (χ0v) is 20.3. The van der Waals surface area contributed by atoms with E-state index in [1.165, 1.54) is 0 Å². The number of benzene rings is 4.